The lowest BCUT2D eigenvalue weighted by molar-refractivity contribution is -0.104. The van der Waals surface area contributed by atoms with Crippen molar-refractivity contribution >= 4 is 6.29 Å². The fourth-order valence-electron chi connectivity index (χ4n) is 0.508. The molecule has 56 valence electrons. The highest BCUT2D eigenvalue weighted by atomic mass is 16.1. The van der Waals surface area contributed by atoms with Gasteiger partial charge >= 0.3 is 0 Å². The monoisotopic (exact) mass is 146 g/mol. The molecule has 0 fully saturated rings. The molecule has 0 rings (SSSR count). The zero-order chi connectivity index (χ0) is 8.69. The average molecular weight is 146 g/mol. The van der Waals surface area contributed by atoms with E-state index in [9.17, 15) is 4.79 Å². The molecule has 0 radical (unpaired) electrons. The molecular formula is C10H10O. The predicted molar refractivity (Wildman–Crippen MR) is 46.9 cm³/mol. The van der Waals surface area contributed by atoms with Gasteiger partial charge in [0.25, 0.3) is 0 Å². The number of aldehydes is 1. The topological polar surface area (TPSA) is 17.1 Å². The normalized spacial score (nSPS) is 12.0. The maximum atomic E-state index is 10.4. The van der Waals surface area contributed by atoms with Gasteiger partial charge in [0.15, 0.2) is 6.29 Å². The standard InChI is InChI=1S/C10H10O/c1-4-6-7-10(8-11)9(3)5-2/h2,4,6-8H,1H2,3H3/b7-6-,10-9-. The van der Waals surface area contributed by atoms with Crippen molar-refractivity contribution in [2.24, 2.45) is 0 Å². The first kappa shape index (κ1) is 9.45. The Morgan fingerprint density at radius 2 is 2.27 bits per heavy atom. The van der Waals surface area contributed by atoms with E-state index < -0.39 is 0 Å². The first-order valence-electron chi connectivity index (χ1n) is 3.18. The molecule has 11 heavy (non-hydrogen) atoms. The van der Waals surface area contributed by atoms with E-state index in [1.54, 1.807) is 25.2 Å². The molecule has 1 heteroatoms. The molecule has 0 saturated carbocycles. The van der Waals surface area contributed by atoms with Gasteiger partial charge in [-0.15, -0.1) is 6.42 Å². The summed E-state index contributed by atoms with van der Waals surface area (Å²) >= 11 is 0. The van der Waals surface area contributed by atoms with Gasteiger partial charge in [-0.1, -0.05) is 30.7 Å². The predicted octanol–water partition coefficient (Wildman–Crippen LogP) is 1.88. The van der Waals surface area contributed by atoms with Crippen LogP contribution in [0.3, 0.4) is 0 Å². The molecule has 0 N–H and O–H groups in total. The van der Waals surface area contributed by atoms with Gasteiger partial charge in [0, 0.05) is 11.1 Å². The molecule has 0 aromatic rings. The minimum Gasteiger partial charge on any atom is -0.298 e. The van der Waals surface area contributed by atoms with Crippen LogP contribution in [-0.4, -0.2) is 6.29 Å². The van der Waals surface area contributed by atoms with Crippen LogP contribution in [0.2, 0.25) is 0 Å². The van der Waals surface area contributed by atoms with Gasteiger partial charge in [-0.2, -0.15) is 0 Å². The third-order valence-corrected chi connectivity index (χ3v) is 1.19. The summed E-state index contributed by atoms with van der Waals surface area (Å²) < 4.78 is 0. The maximum Gasteiger partial charge on any atom is 0.150 e. The first-order chi connectivity index (χ1) is 5.26. The summed E-state index contributed by atoms with van der Waals surface area (Å²) in [6.45, 7) is 5.19. The summed E-state index contributed by atoms with van der Waals surface area (Å²) in [4.78, 5) is 10.4. The summed E-state index contributed by atoms with van der Waals surface area (Å²) in [6.07, 6.45) is 10.7. The van der Waals surface area contributed by atoms with Crippen molar-refractivity contribution in [2.75, 3.05) is 0 Å². The lowest BCUT2D eigenvalue weighted by atomic mass is 10.1. The second-order valence-electron chi connectivity index (χ2n) is 1.94. The van der Waals surface area contributed by atoms with Gasteiger partial charge < -0.3 is 0 Å². The zero-order valence-corrected chi connectivity index (χ0v) is 6.50. The number of allylic oxidation sites excluding steroid dienone is 5. The summed E-state index contributed by atoms with van der Waals surface area (Å²) in [5, 5.41) is 0. The molecule has 0 bridgehead atoms. The lowest BCUT2D eigenvalue weighted by Gasteiger charge is -1.90. The number of rotatable bonds is 3. The number of hydrogen-bond acceptors (Lipinski definition) is 1. The van der Waals surface area contributed by atoms with Gasteiger partial charge in [0.2, 0.25) is 0 Å². The summed E-state index contributed by atoms with van der Waals surface area (Å²) in [5.74, 6) is 2.39. The Hall–Kier alpha value is -1.55. The number of carbonyl (C=O) groups is 1. The Kier molecular flexibility index (Phi) is 4.51. The number of terminal acetylenes is 1. The van der Waals surface area contributed by atoms with Crippen LogP contribution >= 0.6 is 0 Å². The summed E-state index contributed by atoms with van der Waals surface area (Å²) in [7, 11) is 0. The van der Waals surface area contributed by atoms with Crippen molar-refractivity contribution in [2.45, 2.75) is 6.92 Å². The van der Waals surface area contributed by atoms with Crippen LogP contribution in [0.15, 0.2) is 36.0 Å². The van der Waals surface area contributed by atoms with E-state index in [2.05, 4.69) is 12.5 Å². The highest BCUT2D eigenvalue weighted by Gasteiger charge is 1.91. The molecule has 0 aliphatic heterocycles. The van der Waals surface area contributed by atoms with Gasteiger partial charge in [-0.3, -0.25) is 4.79 Å². The number of hydrogen-bond donors (Lipinski definition) is 0. The smallest absolute Gasteiger partial charge is 0.150 e. The zero-order valence-electron chi connectivity index (χ0n) is 6.50. The van der Waals surface area contributed by atoms with Gasteiger partial charge in [0.1, 0.15) is 0 Å². The fourth-order valence-corrected chi connectivity index (χ4v) is 0.508. The van der Waals surface area contributed by atoms with Crippen LogP contribution in [0.25, 0.3) is 0 Å². The molecule has 0 saturated heterocycles. The van der Waals surface area contributed by atoms with Crippen LogP contribution < -0.4 is 0 Å². The Bertz CT molecular complexity index is 249. The van der Waals surface area contributed by atoms with Gasteiger partial charge in [-0.05, 0) is 6.92 Å². The number of carbonyl (C=O) groups excluding carboxylic acids is 1. The third kappa shape index (κ3) is 3.22. The molecule has 0 aromatic heterocycles. The molecule has 0 aliphatic carbocycles. The third-order valence-electron chi connectivity index (χ3n) is 1.19. The second-order valence-corrected chi connectivity index (χ2v) is 1.94. The molecule has 0 unspecified atom stereocenters. The molecule has 0 atom stereocenters. The minimum atomic E-state index is 0.521. The maximum absolute atomic E-state index is 10.4. The van der Waals surface area contributed by atoms with Gasteiger partial charge in [0.05, 0.1) is 0 Å². The molecule has 1 nitrogen and oxygen atoms in total. The Labute approximate surface area is 67.1 Å². The van der Waals surface area contributed by atoms with Crippen LogP contribution in [0.4, 0.5) is 0 Å². The van der Waals surface area contributed by atoms with E-state index in [0.717, 1.165) is 6.29 Å². The average Bonchev–Trinajstić information content (AvgIpc) is 2.05. The SMILES string of the molecule is C#C/C(C)=C(C=O)/C=C\C=C. The Morgan fingerprint density at radius 3 is 2.64 bits per heavy atom. The van der Waals surface area contributed by atoms with Crippen molar-refractivity contribution in [1.29, 1.82) is 0 Å². The molecule has 0 heterocycles. The fraction of sp³-hybridized carbons (Fsp3) is 0.100. The van der Waals surface area contributed by atoms with Crippen LogP contribution in [0.1, 0.15) is 6.92 Å². The van der Waals surface area contributed by atoms with Crippen molar-refractivity contribution in [3.8, 4) is 12.3 Å². The molecule has 0 amide bonds. The van der Waals surface area contributed by atoms with E-state index in [4.69, 9.17) is 6.42 Å². The van der Waals surface area contributed by atoms with E-state index >= 15 is 0 Å². The van der Waals surface area contributed by atoms with E-state index in [1.165, 1.54) is 0 Å². The Morgan fingerprint density at radius 1 is 1.64 bits per heavy atom. The Balaban J connectivity index is 4.69. The summed E-state index contributed by atoms with van der Waals surface area (Å²) in [5.41, 5.74) is 1.16. The second kappa shape index (κ2) is 5.25. The van der Waals surface area contributed by atoms with Crippen molar-refractivity contribution < 1.29 is 4.79 Å². The molecular weight excluding hydrogens is 136 g/mol. The van der Waals surface area contributed by atoms with Crippen molar-refractivity contribution in [3.05, 3.63) is 36.0 Å². The minimum absolute atomic E-state index is 0.521. The van der Waals surface area contributed by atoms with Crippen molar-refractivity contribution in [1.82, 2.24) is 0 Å². The van der Waals surface area contributed by atoms with E-state index in [1.807, 2.05) is 0 Å². The molecule has 0 aliphatic rings. The van der Waals surface area contributed by atoms with Crippen LogP contribution in [0.5, 0.6) is 0 Å². The van der Waals surface area contributed by atoms with Crippen LogP contribution in [-0.2, 0) is 4.79 Å². The first-order valence-corrected chi connectivity index (χ1v) is 3.18. The lowest BCUT2D eigenvalue weighted by Crippen LogP contribution is -1.83. The van der Waals surface area contributed by atoms with E-state index in [0.29, 0.717) is 11.1 Å². The summed E-state index contributed by atoms with van der Waals surface area (Å²) in [6, 6.07) is 0. The van der Waals surface area contributed by atoms with Crippen LogP contribution in [0, 0.1) is 12.3 Å². The highest BCUT2D eigenvalue weighted by molar-refractivity contribution is 5.80. The van der Waals surface area contributed by atoms with Gasteiger partial charge in [-0.25, -0.2) is 0 Å². The van der Waals surface area contributed by atoms with Crippen molar-refractivity contribution in [3.63, 3.8) is 0 Å². The highest BCUT2D eigenvalue weighted by Crippen LogP contribution is 2.00. The van der Waals surface area contributed by atoms with E-state index in [-0.39, 0.29) is 0 Å². The molecule has 0 aromatic carbocycles. The molecule has 0 spiro atoms. The quantitative estimate of drug-likeness (QED) is 0.257. The largest absolute Gasteiger partial charge is 0.298 e.